The van der Waals surface area contributed by atoms with Gasteiger partial charge >= 0.3 is 6.09 Å². The van der Waals surface area contributed by atoms with E-state index in [0.29, 0.717) is 87.4 Å². The summed E-state index contributed by atoms with van der Waals surface area (Å²) in [4.78, 5) is 11.6. The molecule has 0 radical (unpaired) electrons. The second kappa shape index (κ2) is 68.7. The molecule has 1 N–H and O–H groups in total. The van der Waals surface area contributed by atoms with Crippen LogP contribution in [-0.2, 0) is 65.4 Å². The van der Waals surface area contributed by atoms with Gasteiger partial charge in [0.2, 0.25) is 18.9 Å². The smallest absolute Gasteiger partial charge is 0.411 e. The number of anilines is 1. The Kier molecular flexibility index (Phi) is 54.9. The normalized spacial score (nSPS) is 13.4. The molecule has 16 nitrogen and oxygen atoms in total. The first-order valence-corrected chi connectivity index (χ1v) is 52.3. The van der Waals surface area contributed by atoms with Crippen molar-refractivity contribution in [3.8, 4) is 40.2 Å². The lowest BCUT2D eigenvalue weighted by atomic mass is 9.84. The molecular weight excluding hydrogens is 1790 g/mol. The van der Waals surface area contributed by atoms with E-state index in [-0.39, 0.29) is 45.7 Å². The van der Waals surface area contributed by atoms with Gasteiger partial charge in [0, 0.05) is 38.7 Å². The van der Waals surface area contributed by atoms with E-state index >= 15 is 0 Å². The second-order valence-electron chi connectivity index (χ2n) is 36.6. The number of para-hydroxylation sites is 1. The summed E-state index contributed by atoms with van der Waals surface area (Å²) < 4.78 is 79.3. The summed E-state index contributed by atoms with van der Waals surface area (Å²) in [6.45, 7) is 32.6. The molecule has 1 saturated carbocycles. The van der Waals surface area contributed by atoms with E-state index in [0.717, 1.165) is 110 Å². The maximum atomic E-state index is 11.6. The van der Waals surface area contributed by atoms with E-state index < -0.39 is 6.09 Å². The van der Waals surface area contributed by atoms with Crippen molar-refractivity contribution in [2.24, 2.45) is 0 Å². The lowest BCUT2D eigenvalue weighted by Gasteiger charge is -2.22. The minimum atomic E-state index is -0.503. The van der Waals surface area contributed by atoms with Crippen LogP contribution in [0.25, 0.3) is 0 Å². The number of ether oxygens (including phenoxy) is 14. The Morgan fingerprint density at radius 3 is 1.05 bits per heavy atom. The molecular formula is C128H161NO15. The van der Waals surface area contributed by atoms with Crippen molar-refractivity contribution in [1.82, 2.24) is 0 Å². The molecule has 9 atom stereocenters. The monoisotopic (exact) mass is 1950 g/mol. The maximum absolute atomic E-state index is 11.6. The quantitative estimate of drug-likeness (QED) is 0.0283. The van der Waals surface area contributed by atoms with Gasteiger partial charge in [0.05, 0.1) is 26.4 Å². The molecule has 0 aromatic heterocycles. The zero-order valence-corrected chi connectivity index (χ0v) is 88.1. The third-order valence-corrected chi connectivity index (χ3v) is 26.0. The summed E-state index contributed by atoms with van der Waals surface area (Å²) in [5.74, 6) is 10.1. The maximum Gasteiger partial charge on any atom is 0.411 e. The summed E-state index contributed by atoms with van der Waals surface area (Å²) >= 11 is 0. The highest BCUT2D eigenvalue weighted by atomic mass is 16.7. The molecule has 0 spiro atoms. The first-order chi connectivity index (χ1) is 70.4. The second-order valence-corrected chi connectivity index (χ2v) is 36.6. The Bertz CT molecular complexity index is 5410. The molecule has 1 aliphatic carbocycles. The van der Waals surface area contributed by atoms with Crippen LogP contribution >= 0.6 is 0 Å². The average Bonchev–Trinajstić information content (AvgIpc) is 0.872. The van der Waals surface area contributed by atoms with Crippen LogP contribution in [0.1, 0.15) is 269 Å². The molecule has 768 valence electrons. The van der Waals surface area contributed by atoms with Crippen LogP contribution in [0.5, 0.6) is 40.2 Å². The Hall–Kier alpha value is -12.5. The molecule has 0 bridgehead atoms. The fourth-order valence-corrected chi connectivity index (χ4v) is 15.7. The topological polar surface area (TPSA) is 158 Å². The first-order valence-electron chi connectivity index (χ1n) is 52.3. The summed E-state index contributed by atoms with van der Waals surface area (Å²) in [6, 6.07) is 119. The van der Waals surface area contributed by atoms with Gasteiger partial charge in [0.25, 0.3) is 0 Å². The minimum Gasteiger partial charge on any atom is -0.491 e. The number of hydrogen-bond acceptors (Lipinski definition) is 15. The Balaban J connectivity index is 0.000000194. The highest BCUT2D eigenvalue weighted by molar-refractivity contribution is 5.84. The standard InChI is InChI=1S/C26H30O2.C25H34O3.C25H28O2.C20H25NO4.C19H24O2.C13H20O2/c1-3-21(2)24-14-16-25(17-15-24)28-26(20-23-12-8-5-9-13-23)27-19-18-22-10-6-4-7-11-22;1-3-20(2)21-9-13-25(14-10-21)28-19-26-17-18-27-24-15-11-23(12-16-24)22-7-5-4-6-8-22;1-3-20(2)23-14-16-24(17-15-23)27-25(18-21-10-6-4-7-11-21)26-19-22-12-8-5-9-13-22;1-3-16(2)17-9-11-19(12-10-17)25-15-23-13-14-24-20(22)21-18-7-5-4-6-8-18;1-4-15(2)17-10-12-18(13-11-17)21-19(20-3)14-16-8-6-5-7-9-16;1-4-11(3)12-7-6-8-13(9-12)15-10-14-5-2/h4-17,21,26H,3,18-20H2,1-2H3;9-16,20,22H,3-8,17-19H2,1-2H3;4-17,20,25H,3,18-19H2,1-2H3;4-12,16H,3,13-15H2,1-2H3,(H,21,22);5-13,15,19H,4,14H2,1-3H3;6-9,11H,4-5,10H2,1-3H3. The van der Waals surface area contributed by atoms with Crippen molar-refractivity contribution in [3.63, 3.8) is 0 Å². The van der Waals surface area contributed by atoms with Crippen LogP contribution in [0, 0.1) is 0 Å². The SMILES string of the molecule is CCC(C)c1ccc(OC(Cc2ccccc2)OC)cc1.CCC(C)c1ccc(OC(Cc2ccccc2)OCCc2ccccc2)cc1.CCC(C)c1ccc(OC(Cc2ccccc2)OCc2ccccc2)cc1.CCC(C)c1ccc(OCOCCOC(=O)Nc2ccccc2)cc1.CCC(C)c1ccc(OCOCCOc2ccc(C3CCCCC3)cc2)cc1.CCOCOc1cccc(C(C)CC)c1. The molecule has 13 aromatic rings. The number of carbonyl (C=O) groups excluding carboxylic acids is 1. The molecule has 14 rings (SSSR count). The molecule has 16 heteroatoms. The molecule has 0 aliphatic heterocycles. The van der Waals surface area contributed by atoms with Gasteiger partial charge in [-0.05, 0) is 270 Å². The largest absolute Gasteiger partial charge is 0.491 e. The predicted octanol–water partition coefficient (Wildman–Crippen LogP) is 32.6. The summed E-state index contributed by atoms with van der Waals surface area (Å²) in [5, 5.41) is 2.63. The molecule has 13 aromatic carbocycles. The molecule has 1 amide bonds. The van der Waals surface area contributed by atoms with Crippen LogP contribution < -0.4 is 38.5 Å². The van der Waals surface area contributed by atoms with Crippen LogP contribution in [0.4, 0.5) is 10.5 Å². The molecule has 9 unspecified atom stereocenters. The summed E-state index contributed by atoms with van der Waals surface area (Å²) in [7, 11) is 1.68. The highest BCUT2D eigenvalue weighted by Crippen LogP contribution is 2.35. The summed E-state index contributed by atoms with van der Waals surface area (Å²) in [6.07, 6.45) is 15.3. The first kappa shape index (κ1) is 115. The number of hydrogen-bond donors (Lipinski definition) is 1. The number of methoxy groups -OCH3 is 1. The number of nitrogens with one attached hydrogen (secondary N) is 1. The van der Waals surface area contributed by atoms with Crippen molar-refractivity contribution in [2.75, 3.05) is 72.4 Å². The van der Waals surface area contributed by atoms with E-state index in [2.05, 4.69) is 283 Å². The van der Waals surface area contributed by atoms with Crippen LogP contribution in [0.3, 0.4) is 0 Å². The van der Waals surface area contributed by atoms with E-state index in [1.165, 1.54) is 93.3 Å². The van der Waals surface area contributed by atoms with Gasteiger partial charge in [-0.2, -0.15) is 0 Å². The minimum absolute atomic E-state index is 0.117. The highest BCUT2D eigenvalue weighted by Gasteiger charge is 2.20. The third kappa shape index (κ3) is 45.2. The fraction of sp³-hybridized carbons (Fsp3) is 0.383. The van der Waals surface area contributed by atoms with E-state index in [1.54, 1.807) is 19.2 Å². The van der Waals surface area contributed by atoms with Crippen LogP contribution in [0.2, 0.25) is 0 Å². The van der Waals surface area contributed by atoms with Crippen molar-refractivity contribution in [3.05, 3.63) is 419 Å². The van der Waals surface area contributed by atoms with Crippen molar-refractivity contribution in [1.29, 1.82) is 0 Å². The van der Waals surface area contributed by atoms with Crippen LogP contribution in [-0.4, -0.2) is 92.1 Å². The molecule has 1 aliphatic rings. The van der Waals surface area contributed by atoms with E-state index in [4.69, 9.17) is 66.3 Å². The fourth-order valence-electron chi connectivity index (χ4n) is 15.7. The number of benzene rings is 13. The Labute approximate surface area is 862 Å². The molecule has 144 heavy (non-hydrogen) atoms. The molecule has 0 heterocycles. The average molecular weight is 1950 g/mol. The zero-order chi connectivity index (χ0) is 102. The lowest BCUT2D eigenvalue weighted by molar-refractivity contribution is -0.0881. The molecule has 0 saturated heterocycles. The van der Waals surface area contributed by atoms with E-state index in [9.17, 15) is 4.79 Å². The van der Waals surface area contributed by atoms with Gasteiger partial charge in [-0.3, -0.25) is 5.32 Å². The van der Waals surface area contributed by atoms with Gasteiger partial charge in [0.15, 0.2) is 20.4 Å². The predicted molar refractivity (Wildman–Crippen MR) is 588 cm³/mol. The van der Waals surface area contributed by atoms with Gasteiger partial charge in [-0.1, -0.05) is 357 Å². The molecule has 1 fully saturated rings. The Morgan fingerprint density at radius 2 is 0.639 bits per heavy atom. The number of carbonyl (C=O) groups is 1. The van der Waals surface area contributed by atoms with Gasteiger partial charge < -0.3 is 66.3 Å². The van der Waals surface area contributed by atoms with Crippen LogP contribution in [0.15, 0.2) is 352 Å². The van der Waals surface area contributed by atoms with Gasteiger partial charge in [-0.25, -0.2) is 4.79 Å². The third-order valence-electron chi connectivity index (χ3n) is 26.0. The Morgan fingerprint density at radius 1 is 0.299 bits per heavy atom. The van der Waals surface area contributed by atoms with Crippen molar-refractivity contribution in [2.45, 2.75) is 253 Å². The van der Waals surface area contributed by atoms with Gasteiger partial charge in [-0.15, -0.1) is 0 Å². The van der Waals surface area contributed by atoms with E-state index in [1.807, 2.05) is 153 Å². The van der Waals surface area contributed by atoms with Crippen molar-refractivity contribution >= 4 is 11.8 Å². The summed E-state index contributed by atoms with van der Waals surface area (Å²) in [5.41, 5.74) is 16.2. The zero-order valence-electron chi connectivity index (χ0n) is 88.1. The lowest BCUT2D eigenvalue weighted by Crippen LogP contribution is -2.24. The number of amides is 1. The van der Waals surface area contributed by atoms with Gasteiger partial charge in [0.1, 0.15) is 53.5 Å². The van der Waals surface area contributed by atoms with Crippen molar-refractivity contribution < 1.29 is 71.1 Å². The number of rotatable bonds is 51.